The third kappa shape index (κ3) is 6.32. The van der Waals surface area contributed by atoms with E-state index in [9.17, 15) is 9.59 Å². The molecule has 0 fully saturated rings. The van der Waals surface area contributed by atoms with Crippen molar-refractivity contribution >= 4 is 11.9 Å². The predicted molar refractivity (Wildman–Crippen MR) is 63.9 cm³/mol. The molecule has 0 heterocycles. The van der Waals surface area contributed by atoms with Gasteiger partial charge in [0.2, 0.25) is 0 Å². The van der Waals surface area contributed by atoms with Crippen LogP contribution in [0.3, 0.4) is 0 Å². The molecule has 94 valence electrons. The van der Waals surface area contributed by atoms with Crippen LogP contribution < -0.4 is 5.32 Å². The van der Waals surface area contributed by atoms with Gasteiger partial charge in [-0.3, -0.25) is 9.59 Å². The smallest absolute Gasteiger partial charge is 0.318 e. The highest BCUT2D eigenvalue weighted by molar-refractivity contribution is 5.93. The van der Waals surface area contributed by atoms with Crippen molar-refractivity contribution in [1.82, 2.24) is 5.32 Å². The van der Waals surface area contributed by atoms with Gasteiger partial charge in [0.05, 0.1) is 0 Å². The number of rotatable bonds is 4. The summed E-state index contributed by atoms with van der Waals surface area (Å²) in [7, 11) is 3.75. The van der Waals surface area contributed by atoms with Gasteiger partial charge in [0.25, 0.3) is 0 Å². The first-order valence-corrected chi connectivity index (χ1v) is 5.11. The van der Waals surface area contributed by atoms with Gasteiger partial charge in [0.1, 0.15) is 0 Å². The maximum atomic E-state index is 10.6. The molecule has 0 saturated heterocycles. The van der Waals surface area contributed by atoms with E-state index in [-0.39, 0.29) is 6.42 Å². The second kappa shape index (κ2) is 8.29. The summed E-state index contributed by atoms with van der Waals surface area (Å²) in [5, 5.41) is 20.0. The van der Waals surface area contributed by atoms with Gasteiger partial charge in [-0.25, -0.2) is 0 Å². The Hall–Kier alpha value is -1.88. The lowest BCUT2D eigenvalue weighted by Gasteiger charge is -2.06. The van der Waals surface area contributed by atoms with Gasteiger partial charge in [-0.2, -0.15) is 0 Å². The largest absolute Gasteiger partial charge is 0.481 e. The average molecular weight is 239 g/mol. The molecular formula is C12H17NO4. The van der Waals surface area contributed by atoms with E-state index in [1.165, 1.54) is 0 Å². The number of nitrogens with one attached hydrogen (secondary N) is 1. The molecule has 0 aliphatic heterocycles. The first-order chi connectivity index (χ1) is 8.02. The van der Waals surface area contributed by atoms with Crippen LogP contribution in [0.5, 0.6) is 0 Å². The van der Waals surface area contributed by atoms with Crippen LogP contribution in [0.2, 0.25) is 0 Å². The highest BCUT2D eigenvalue weighted by Gasteiger charge is 2.25. The van der Waals surface area contributed by atoms with E-state index < -0.39 is 17.9 Å². The van der Waals surface area contributed by atoms with Gasteiger partial charge in [-0.15, -0.1) is 0 Å². The number of carbonyl (C=O) groups is 2. The molecule has 0 bridgehead atoms. The molecule has 0 aromatic heterocycles. The maximum absolute atomic E-state index is 10.6. The third-order valence-electron chi connectivity index (χ3n) is 1.88. The van der Waals surface area contributed by atoms with Gasteiger partial charge in [0, 0.05) is 0 Å². The summed E-state index contributed by atoms with van der Waals surface area (Å²) in [6.07, 6.45) is 0.0194. The predicted octanol–water partition coefficient (Wildman–Crippen LogP) is 0.850. The molecule has 0 aliphatic rings. The van der Waals surface area contributed by atoms with Crippen molar-refractivity contribution in [3.8, 4) is 0 Å². The molecule has 1 aromatic carbocycles. The molecule has 17 heavy (non-hydrogen) atoms. The van der Waals surface area contributed by atoms with Crippen LogP contribution in [-0.4, -0.2) is 36.2 Å². The van der Waals surface area contributed by atoms with Crippen LogP contribution >= 0.6 is 0 Å². The van der Waals surface area contributed by atoms with Gasteiger partial charge in [-0.05, 0) is 26.1 Å². The highest BCUT2D eigenvalue weighted by Crippen LogP contribution is 2.09. The molecule has 5 nitrogen and oxygen atoms in total. The number of aliphatic carboxylic acids is 2. The second-order valence-corrected chi connectivity index (χ2v) is 3.42. The lowest BCUT2D eigenvalue weighted by atomic mass is 10.00. The van der Waals surface area contributed by atoms with Crippen LogP contribution in [-0.2, 0) is 16.0 Å². The van der Waals surface area contributed by atoms with Crippen LogP contribution in [0.4, 0.5) is 0 Å². The summed E-state index contributed by atoms with van der Waals surface area (Å²) >= 11 is 0. The van der Waals surface area contributed by atoms with Crippen molar-refractivity contribution in [2.45, 2.75) is 6.42 Å². The molecule has 1 aromatic rings. The standard InChI is InChI=1S/C10H10O4.C2H7N/c11-9(12)8(10(13)14)6-7-4-2-1-3-5-7;1-3-2/h1-5,8H,6H2,(H,11,12)(H,13,14);3H,1-2H3. The SMILES string of the molecule is CNC.O=C(O)C(Cc1ccccc1)C(=O)O. The van der Waals surface area contributed by atoms with E-state index in [2.05, 4.69) is 5.32 Å². The Labute approximate surface area is 100 Å². The van der Waals surface area contributed by atoms with E-state index in [1.54, 1.807) is 30.3 Å². The first kappa shape index (κ1) is 15.1. The van der Waals surface area contributed by atoms with E-state index in [1.807, 2.05) is 14.1 Å². The Morgan fingerprint density at radius 1 is 1.12 bits per heavy atom. The van der Waals surface area contributed by atoms with E-state index in [0.29, 0.717) is 5.56 Å². The molecule has 0 spiro atoms. The molecule has 0 aliphatic carbocycles. The van der Waals surface area contributed by atoms with Crippen LogP contribution in [0.1, 0.15) is 5.56 Å². The summed E-state index contributed by atoms with van der Waals surface area (Å²) in [5.74, 6) is -3.97. The minimum absolute atomic E-state index is 0.0194. The monoisotopic (exact) mass is 239 g/mol. The zero-order valence-corrected chi connectivity index (χ0v) is 9.88. The molecule has 0 unspecified atom stereocenters. The minimum atomic E-state index is -1.36. The zero-order chi connectivity index (χ0) is 13.3. The molecule has 5 heteroatoms. The summed E-state index contributed by atoms with van der Waals surface area (Å²) in [5.41, 5.74) is 0.710. The number of carboxylic acid groups (broad SMARTS) is 2. The van der Waals surface area contributed by atoms with Crippen molar-refractivity contribution in [3.05, 3.63) is 35.9 Å². The summed E-state index contributed by atoms with van der Waals surface area (Å²) in [6, 6.07) is 8.70. The Balaban J connectivity index is 0.000000770. The molecule has 0 saturated carbocycles. The Morgan fingerprint density at radius 3 is 1.88 bits per heavy atom. The van der Waals surface area contributed by atoms with Gasteiger partial charge in [-0.1, -0.05) is 30.3 Å². The zero-order valence-electron chi connectivity index (χ0n) is 9.88. The highest BCUT2D eigenvalue weighted by atomic mass is 16.4. The lowest BCUT2D eigenvalue weighted by Crippen LogP contribution is -2.25. The fourth-order valence-corrected chi connectivity index (χ4v) is 1.13. The number of carboxylic acids is 2. The molecule has 3 N–H and O–H groups in total. The van der Waals surface area contributed by atoms with Gasteiger partial charge >= 0.3 is 11.9 Å². The van der Waals surface area contributed by atoms with Gasteiger partial charge < -0.3 is 15.5 Å². The summed E-state index contributed by atoms with van der Waals surface area (Å²) in [6.45, 7) is 0. The van der Waals surface area contributed by atoms with Crippen molar-refractivity contribution in [2.75, 3.05) is 14.1 Å². The molecule has 0 amide bonds. The number of hydrogen-bond acceptors (Lipinski definition) is 3. The average Bonchev–Trinajstić information content (AvgIpc) is 2.27. The Morgan fingerprint density at radius 2 is 1.53 bits per heavy atom. The molecule has 1 rings (SSSR count). The van der Waals surface area contributed by atoms with Crippen molar-refractivity contribution in [2.24, 2.45) is 5.92 Å². The molecule has 0 atom stereocenters. The van der Waals surface area contributed by atoms with E-state index in [4.69, 9.17) is 10.2 Å². The van der Waals surface area contributed by atoms with Crippen molar-refractivity contribution < 1.29 is 19.8 Å². The van der Waals surface area contributed by atoms with Crippen molar-refractivity contribution in [3.63, 3.8) is 0 Å². The lowest BCUT2D eigenvalue weighted by molar-refractivity contribution is -0.154. The fourth-order valence-electron chi connectivity index (χ4n) is 1.13. The molecular weight excluding hydrogens is 222 g/mol. The fraction of sp³-hybridized carbons (Fsp3) is 0.333. The third-order valence-corrected chi connectivity index (χ3v) is 1.88. The topological polar surface area (TPSA) is 86.6 Å². The number of benzene rings is 1. The Bertz CT molecular complexity index is 337. The van der Waals surface area contributed by atoms with Crippen LogP contribution in [0, 0.1) is 5.92 Å². The quantitative estimate of drug-likeness (QED) is 0.678. The Kier molecular flexibility index (Phi) is 7.38. The van der Waals surface area contributed by atoms with Crippen molar-refractivity contribution in [1.29, 1.82) is 0 Å². The van der Waals surface area contributed by atoms with Crippen LogP contribution in [0.15, 0.2) is 30.3 Å². The number of hydrogen-bond donors (Lipinski definition) is 3. The second-order valence-electron chi connectivity index (χ2n) is 3.42. The summed E-state index contributed by atoms with van der Waals surface area (Å²) in [4.78, 5) is 21.1. The van der Waals surface area contributed by atoms with Crippen LogP contribution in [0.25, 0.3) is 0 Å². The summed E-state index contributed by atoms with van der Waals surface area (Å²) < 4.78 is 0. The van der Waals surface area contributed by atoms with Gasteiger partial charge in [0.15, 0.2) is 5.92 Å². The molecule has 0 radical (unpaired) electrons. The minimum Gasteiger partial charge on any atom is -0.481 e. The van der Waals surface area contributed by atoms with E-state index >= 15 is 0 Å². The maximum Gasteiger partial charge on any atom is 0.318 e. The first-order valence-electron chi connectivity index (χ1n) is 5.11. The normalized spacial score (nSPS) is 9.35. The van der Waals surface area contributed by atoms with E-state index in [0.717, 1.165) is 0 Å².